The molecule has 0 aromatic heterocycles. The molecular formula is C8H19ClOSi. The fourth-order valence-electron chi connectivity index (χ4n) is 1.25. The summed E-state index contributed by atoms with van der Waals surface area (Å²) in [4.78, 5) is 0. The summed E-state index contributed by atoms with van der Waals surface area (Å²) in [5.41, 5.74) is 0. The van der Waals surface area contributed by atoms with Gasteiger partial charge in [-0.3, -0.25) is 0 Å². The van der Waals surface area contributed by atoms with Crippen LogP contribution >= 0.6 is 11.6 Å². The Kier molecular flexibility index (Phi) is 4.67. The molecule has 0 saturated carbocycles. The topological polar surface area (TPSA) is 9.23 Å². The zero-order valence-electron chi connectivity index (χ0n) is 8.15. The van der Waals surface area contributed by atoms with Gasteiger partial charge < -0.3 is 4.43 Å². The number of rotatable bonds is 4. The second-order valence-electron chi connectivity index (χ2n) is 3.68. The monoisotopic (exact) mass is 194 g/mol. The Bertz CT molecular complexity index is 115. The standard InChI is InChI=1S/C8H19ClOSi/c1-6-10-11(4,5)8(9)7(2)3/h7-8H,6H2,1-5H3. The average Bonchev–Trinajstić information content (AvgIpc) is 1.86. The van der Waals surface area contributed by atoms with Crippen LogP contribution in [0.25, 0.3) is 0 Å². The number of hydrogen-bond acceptors (Lipinski definition) is 1. The van der Waals surface area contributed by atoms with Crippen LogP contribution in [-0.2, 0) is 4.43 Å². The van der Waals surface area contributed by atoms with Gasteiger partial charge in [-0.1, -0.05) is 13.8 Å². The molecule has 0 aliphatic carbocycles. The van der Waals surface area contributed by atoms with Crippen LogP contribution in [0.15, 0.2) is 0 Å². The highest BCUT2D eigenvalue weighted by atomic mass is 35.5. The molecular weight excluding hydrogens is 176 g/mol. The normalized spacial score (nSPS) is 15.5. The van der Waals surface area contributed by atoms with Crippen LogP contribution in [0.1, 0.15) is 20.8 Å². The molecule has 1 nitrogen and oxygen atoms in total. The smallest absolute Gasteiger partial charge is 0.204 e. The van der Waals surface area contributed by atoms with Crippen molar-refractivity contribution < 1.29 is 4.43 Å². The van der Waals surface area contributed by atoms with E-state index in [2.05, 4.69) is 26.9 Å². The van der Waals surface area contributed by atoms with Gasteiger partial charge in [0, 0.05) is 6.61 Å². The van der Waals surface area contributed by atoms with Gasteiger partial charge in [-0.15, -0.1) is 11.6 Å². The van der Waals surface area contributed by atoms with Crippen molar-refractivity contribution in [3.05, 3.63) is 0 Å². The summed E-state index contributed by atoms with van der Waals surface area (Å²) < 4.78 is 5.66. The summed E-state index contributed by atoms with van der Waals surface area (Å²) in [5, 5.41) is 0.224. The molecule has 0 saturated heterocycles. The molecule has 0 fully saturated rings. The lowest BCUT2D eigenvalue weighted by Gasteiger charge is -2.29. The minimum atomic E-state index is -1.60. The lowest BCUT2D eigenvalue weighted by molar-refractivity contribution is 0.321. The highest BCUT2D eigenvalue weighted by Crippen LogP contribution is 2.22. The van der Waals surface area contributed by atoms with Crippen LogP contribution in [0.4, 0.5) is 0 Å². The third-order valence-electron chi connectivity index (χ3n) is 1.77. The van der Waals surface area contributed by atoms with Crippen molar-refractivity contribution in [2.75, 3.05) is 6.61 Å². The molecule has 0 bridgehead atoms. The van der Waals surface area contributed by atoms with E-state index in [9.17, 15) is 0 Å². The van der Waals surface area contributed by atoms with Gasteiger partial charge in [0.1, 0.15) is 0 Å². The van der Waals surface area contributed by atoms with Gasteiger partial charge in [0.15, 0.2) is 0 Å². The van der Waals surface area contributed by atoms with Gasteiger partial charge >= 0.3 is 0 Å². The molecule has 0 amide bonds. The van der Waals surface area contributed by atoms with E-state index in [1.165, 1.54) is 0 Å². The van der Waals surface area contributed by atoms with Crippen molar-refractivity contribution in [1.29, 1.82) is 0 Å². The van der Waals surface area contributed by atoms with Crippen molar-refractivity contribution in [1.82, 2.24) is 0 Å². The molecule has 0 heterocycles. The SMILES string of the molecule is CCO[Si](C)(C)C(Cl)C(C)C. The first-order chi connectivity index (χ1) is 4.91. The Morgan fingerprint density at radius 2 is 1.82 bits per heavy atom. The predicted molar refractivity (Wildman–Crippen MR) is 53.6 cm³/mol. The lowest BCUT2D eigenvalue weighted by atomic mass is 10.3. The number of alkyl halides is 1. The molecule has 1 atom stereocenters. The maximum Gasteiger partial charge on any atom is 0.204 e. The molecule has 0 N–H and O–H groups in total. The van der Waals surface area contributed by atoms with E-state index < -0.39 is 8.32 Å². The lowest BCUT2D eigenvalue weighted by Crippen LogP contribution is -2.44. The molecule has 1 unspecified atom stereocenters. The van der Waals surface area contributed by atoms with Crippen molar-refractivity contribution in [2.45, 2.75) is 38.9 Å². The first kappa shape index (κ1) is 11.5. The molecule has 0 aromatic rings. The molecule has 0 spiro atoms. The first-order valence-electron chi connectivity index (χ1n) is 4.19. The van der Waals surface area contributed by atoms with Crippen molar-refractivity contribution in [3.63, 3.8) is 0 Å². The molecule has 0 aliphatic heterocycles. The van der Waals surface area contributed by atoms with Gasteiger partial charge in [0.05, 0.1) is 5.00 Å². The quantitative estimate of drug-likeness (QED) is 0.494. The van der Waals surface area contributed by atoms with Crippen molar-refractivity contribution >= 4 is 19.9 Å². The molecule has 0 aliphatic rings. The molecule has 0 radical (unpaired) electrons. The van der Waals surface area contributed by atoms with E-state index in [0.717, 1.165) is 6.61 Å². The van der Waals surface area contributed by atoms with Gasteiger partial charge in [0.2, 0.25) is 8.32 Å². The summed E-state index contributed by atoms with van der Waals surface area (Å²) in [7, 11) is -1.60. The highest BCUT2D eigenvalue weighted by molar-refractivity contribution is 6.79. The van der Waals surface area contributed by atoms with Crippen molar-refractivity contribution in [2.24, 2.45) is 5.92 Å². The predicted octanol–water partition coefficient (Wildman–Crippen LogP) is 3.03. The zero-order valence-corrected chi connectivity index (χ0v) is 9.90. The van der Waals surface area contributed by atoms with E-state index in [4.69, 9.17) is 16.0 Å². The summed E-state index contributed by atoms with van der Waals surface area (Å²) in [6.07, 6.45) is 0. The fraction of sp³-hybridized carbons (Fsp3) is 1.00. The zero-order chi connectivity index (χ0) is 9.07. The summed E-state index contributed by atoms with van der Waals surface area (Å²) in [6.45, 7) is 11.5. The third kappa shape index (κ3) is 3.59. The minimum Gasteiger partial charge on any atom is -0.416 e. The maximum absolute atomic E-state index is 6.22. The van der Waals surface area contributed by atoms with Crippen LogP contribution in [-0.4, -0.2) is 19.9 Å². The van der Waals surface area contributed by atoms with Gasteiger partial charge in [-0.2, -0.15) is 0 Å². The molecule has 0 aromatic carbocycles. The van der Waals surface area contributed by atoms with Gasteiger partial charge in [-0.05, 0) is 25.9 Å². The largest absolute Gasteiger partial charge is 0.416 e. The Balaban J connectivity index is 4.05. The van der Waals surface area contributed by atoms with E-state index in [-0.39, 0.29) is 5.00 Å². The minimum absolute atomic E-state index is 0.224. The summed E-state index contributed by atoms with van der Waals surface area (Å²) in [5.74, 6) is 0.518. The van der Waals surface area contributed by atoms with Gasteiger partial charge in [0.25, 0.3) is 0 Å². The molecule has 0 rings (SSSR count). The average molecular weight is 195 g/mol. The van der Waals surface area contributed by atoms with Crippen LogP contribution in [0, 0.1) is 5.92 Å². The van der Waals surface area contributed by atoms with Crippen LogP contribution in [0.3, 0.4) is 0 Å². The summed E-state index contributed by atoms with van der Waals surface area (Å²) in [6, 6.07) is 0. The maximum atomic E-state index is 6.22. The van der Waals surface area contributed by atoms with E-state index in [1.807, 2.05) is 6.92 Å². The number of hydrogen-bond donors (Lipinski definition) is 0. The Hall–Kier alpha value is 0.467. The van der Waals surface area contributed by atoms with E-state index in [0.29, 0.717) is 5.92 Å². The van der Waals surface area contributed by atoms with Crippen LogP contribution in [0.2, 0.25) is 13.1 Å². The van der Waals surface area contributed by atoms with Gasteiger partial charge in [-0.25, -0.2) is 0 Å². The molecule has 68 valence electrons. The van der Waals surface area contributed by atoms with E-state index in [1.54, 1.807) is 0 Å². The molecule has 11 heavy (non-hydrogen) atoms. The Morgan fingerprint density at radius 3 is 2.09 bits per heavy atom. The second kappa shape index (κ2) is 4.48. The number of halogens is 1. The van der Waals surface area contributed by atoms with Crippen molar-refractivity contribution in [3.8, 4) is 0 Å². The van der Waals surface area contributed by atoms with E-state index >= 15 is 0 Å². The fourth-order valence-corrected chi connectivity index (χ4v) is 3.95. The third-order valence-corrected chi connectivity index (χ3v) is 6.87. The Morgan fingerprint density at radius 1 is 1.36 bits per heavy atom. The summed E-state index contributed by atoms with van der Waals surface area (Å²) >= 11 is 6.22. The second-order valence-corrected chi connectivity index (χ2v) is 8.64. The van der Waals surface area contributed by atoms with Crippen LogP contribution in [0.5, 0.6) is 0 Å². The first-order valence-corrected chi connectivity index (χ1v) is 7.62. The molecule has 3 heteroatoms. The Labute approximate surface area is 76.2 Å². The van der Waals surface area contributed by atoms with Crippen LogP contribution < -0.4 is 0 Å². The highest BCUT2D eigenvalue weighted by Gasteiger charge is 2.33.